The Morgan fingerprint density at radius 3 is 2.88 bits per heavy atom. The van der Waals surface area contributed by atoms with E-state index < -0.39 is 0 Å². The highest BCUT2D eigenvalue weighted by Crippen LogP contribution is 2.45. The second-order valence-electron chi connectivity index (χ2n) is 7.91. The molecule has 0 unspecified atom stereocenters. The van der Waals surface area contributed by atoms with Crippen LogP contribution in [-0.4, -0.2) is 52.1 Å². The Morgan fingerprint density at radius 2 is 2.08 bits per heavy atom. The molecule has 0 saturated carbocycles. The number of aromatic nitrogens is 3. The molecule has 2 saturated heterocycles. The molecule has 5 nitrogen and oxygen atoms in total. The number of likely N-dealkylation sites (tertiary alicyclic amines) is 1. The van der Waals surface area contributed by atoms with Crippen LogP contribution in [-0.2, 0) is 0 Å². The molecule has 0 bridgehead atoms. The van der Waals surface area contributed by atoms with Gasteiger partial charge in [-0.1, -0.05) is 6.92 Å². The third-order valence-corrected chi connectivity index (χ3v) is 6.47. The van der Waals surface area contributed by atoms with E-state index in [1.54, 1.807) is 6.33 Å². The van der Waals surface area contributed by atoms with E-state index in [-0.39, 0.29) is 0 Å². The van der Waals surface area contributed by atoms with Crippen molar-refractivity contribution in [2.45, 2.75) is 46.1 Å². The molecule has 2 aliphatic heterocycles. The summed E-state index contributed by atoms with van der Waals surface area (Å²) >= 11 is 0. The molecule has 2 aliphatic rings. The number of nitrogens with zero attached hydrogens (tertiary/aromatic N) is 4. The van der Waals surface area contributed by atoms with Crippen LogP contribution >= 0.6 is 0 Å². The third-order valence-electron chi connectivity index (χ3n) is 6.47. The van der Waals surface area contributed by atoms with Crippen LogP contribution in [0, 0.1) is 11.3 Å². The standard InChI is InChI=1S/C19H29N5/c1-4-19-11-23(14(2)3)9-6-15(19)7-10-24(12-19)18-16-5-8-20-17(16)21-13-22-18/h5,8,13-15H,4,6-7,9-12H2,1-3H3,(H,20,21,22)/t15-,19+/m1/s1. The molecule has 24 heavy (non-hydrogen) atoms. The molecule has 0 radical (unpaired) electrons. The zero-order valence-electron chi connectivity index (χ0n) is 15.1. The average molecular weight is 327 g/mol. The second kappa shape index (κ2) is 6.03. The normalized spacial score (nSPS) is 28.5. The molecule has 4 heterocycles. The van der Waals surface area contributed by atoms with Crippen LogP contribution in [0.2, 0.25) is 0 Å². The third kappa shape index (κ3) is 2.50. The monoisotopic (exact) mass is 327 g/mol. The maximum Gasteiger partial charge on any atom is 0.142 e. The number of fused-ring (bicyclic) bond motifs is 2. The summed E-state index contributed by atoms with van der Waals surface area (Å²) in [5, 5.41) is 1.15. The summed E-state index contributed by atoms with van der Waals surface area (Å²) < 4.78 is 0. The van der Waals surface area contributed by atoms with E-state index in [0.29, 0.717) is 11.5 Å². The molecule has 0 amide bonds. The Kier molecular flexibility index (Phi) is 3.99. The molecular formula is C19H29N5. The number of nitrogens with one attached hydrogen (secondary N) is 1. The van der Waals surface area contributed by atoms with Gasteiger partial charge >= 0.3 is 0 Å². The van der Waals surface area contributed by atoms with Crippen LogP contribution < -0.4 is 4.90 Å². The van der Waals surface area contributed by atoms with Crippen LogP contribution in [0.3, 0.4) is 0 Å². The molecule has 2 aromatic heterocycles. The van der Waals surface area contributed by atoms with Crippen LogP contribution in [0.15, 0.2) is 18.6 Å². The predicted molar refractivity (Wildman–Crippen MR) is 98.3 cm³/mol. The number of aromatic amines is 1. The number of rotatable bonds is 3. The van der Waals surface area contributed by atoms with Crippen molar-refractivity contribution in [3.8, 4) is 0 Å². The van der Waals surface area contributed by atoms with Crippen LogP contribution in [0.1, 0.15) is 40.0 Å². The zero-order valence-corrected chi connectivity index (χ0v) is 15.1. The van der Waals surface area contributed by atoms with E-state index >= 15 is 0 Å². The van der Waals surface area contributed by atoms with Gasteiger partial charge in [0.15, 0.2) is 0 Å². The fourth-order valence-electron chi connectivity index (χ4n) is 4.89. The van der Waals surface area contributed by atoms with Crippen molar-refractivity contribution in [2.24, 2.45) is 11.3 Å². The molecule has 2 aromatic rings. The molecular weight excluding hydrogens is 298 g/mol. The maximum absolute atomic E-state index is 4.64. The Labute approximate surface area is 144 Å². The number of anilines is 1. The quantitative estimate of drug-likeness (QED) is 0.940. The first-order valence-electron chi connectivity index (χ1n) is 9.40. The van der Waals surface area contributed by atoms with Crippen molar-refractivity contribution >= 4 is 16.9 Å². The van der Waals surface area contributed by atoms with Gasteiger partial charge in [0.25, 0.3) is 0 Å². The number of hydrogen-bond donors (Lipinski definition) is 1. The fraction of sp³-hybridized carbons (Fsp3) is 0.684. The first-order valence-corrected chi connectivity index (χ1v) is 9.40. The Morgan fingerprint density at radius 1 is 1.25 bits per heavy atom. The van der Waals surface area contributed by atoms with Gasteiger partial charge in [-0.15, -0.1) is 0 Å². The summed E-state index contributed by atoms with van der Waals surface area (Å²) in [5.74, 6) is 1.96. The first kappa shape index (κ1) is 15.9. The van der Waals surface area contributed by atoms with Crippen molar-refractivity contribution in [3.05, 3.63) is 18.6 Å². The molecule has 4 rings (SSSR count). The fourth-order valence-corrected chi connectivity index (χ4v) is 4.89. The number of hydrogen-bond acceptors (Lipinski definition) is 4. The van der Waals surface area contributed by atoms with Crippen LogP contribution in [0.4, 0.5) is 5.82 Å². The smallest absolute Gasteiger partial charge is 0.142 e. The lowest BCUT2D eigenvalue weighted by atomic mass is 9.65. The molecule has 2 atom stereocenters. The SMILES string of the molecule is CC[C@]12CN(c3ncnc4[nH]ccc34)CC[C@H]1CCN(C(C)C)C2. The molecule has 0 aliphatic carbocycles. The van der Waals surface area contributed by atoms with Gasteiger partial charge in [-0.25, -0.2) is 9.97 Å². The minimum absolute atomic E-state index is 0.397. The van der Waals surface area contributed by atoms with Gasteiger partial charge in [-0.2, -0.15) is 0 Å². The molecule has 0 aromatic carbocycles. The van der Waals surface area contributed by atoms with Gasteiger partial charge in [0.1, 0.15) is 17.8 Å². The van der Waals surface area contributed by atoms with Gasteiger partial charge in [0, 0.05) is 37.3 Å². The minimum Gasteiger partial charge on any atom is -0.355 e. The van der Waals surface area contributed by atoms with Crippen molar-refractivity contribution in [1.29, 1.82) is 0 Å². The van der Waals surface area contributed by atoms with Gasteiger partial charge < -0.3 is 14.8 Å². The zero-order chi connectivity index (χ0) is 16.7. The summed E-state index contributed by atoms with van der Waals surface area (Å²) in [6.45, 7) is 11.8. The van der Waals surface area contributed by atoms with E-state index in [4.69, 9.17) is 0 Å². The average Bonchev–Trinajstić information content (AvgIpc) is 3.09. The van der Waals surface area contributed by atoms with Crippen molar-refractivity contribution in [3.63, 3.8) is 0 Å². The van der Waals surface area contributed by atoms with Crippen molar-refractivity contribution in [2.75, 3.05) is 31.1 Å². The predicted octanol–water partition coefficient (Wildman–Crippen LogP) is 3.29. The van der Waals surface area contributed by atoms with Crippen molar-refractivity contribution in [1.82, 2.24) is 19.9 Å². The number of H-pyrrole nitrogens is 1. The molecule has 0 spiro atoms. The van der Waals surface area contributed by atoms with Gasteiger partial charge in [-0.05, 0) is 51.6 Å². The lowest BCUT2D eigenvalue weighted by Gasteiger charge is -2.54. The Balaban J connectivity index is 1.65. The molecule has 1 N–H and O–H groups in total. The summed E-state index contributed by atoms with van der Waals surface area (Å²) in [6.07, 6.45) is 7.55. The largest absolute Gasteiger partial charge is 0.355 e. The van der Waals surface area contributed by atoms with Gasteiger partial charge in [0.2, 0.25) is 0 Å². The van der Waals surface area contributed by atoms with Crippen molar-refractivity contribution < 1.29 is 0 Å². The lowest BCUT2D eigenvalue weighted by molar-refractivity contribution is -0.00270. The van der Waals surface area contributed by atoms with E-state index in [0.717, 1.165) is 35.9 Å². The Hall–Kier alpha value is -1.62. The highest BCUT2D eigenvalue weighted by Gasteiger charge is 2.46. The summed E-state index contributed by atoms with van der Waals surface area (Å²) in [4.78, 5) is 17.4. The highest BCUT2D eigenvalue weighted by molar-refractivity contribution is 5.87. The number of piperidine rings is 2. The molecule has 2 fully saturated rings. The van der Waals surface area contributed by atoms with Gasteiger partial charge in [0.05, 0.1) is 5.39 Å². The summed E-state index contributed by atoms with van der Waals surface area (Å²) in [6, 6.07) is 2.75. The minimum atomic E-state index is 0.397. The van der Waals surface area contributed by atoms with Gasteiger partial charge in [-0.3, -0.25) is 0 Å². The first-order chi connectivity index (χ1) is 11.6. The summed E-state index contributed by atoms with van der Waals surface area (Å²) in [7, 11) is 0. The van der Waals surface area contributed by atoms with Crippen LogP contribution in [0.25, 0.3) is 11.0 Å². The highest BCUT2D eigenvalue weighted by atomic mass is 15.2. The van der Waals surface area contributed by atoms with E-state index in [1.165, 1.54) is 32.4 Å². The lowest BCUT2D eigenvalue weighted by Crippen LogP contribution is -2.59. The van der Waals surface area contributed by atoms with E-state index in [9.17, 15) is 0 Å². The maximum atomic E-state index is 4.64. The topological polar surface area (TPSA) is 48.1 Å². The summed E-state index contributed by atoms with van der Waals surface area (Å²) in [5.41, 5.74) is 1.34. The second-order valence-corrected chi connectivity index (χ2v) is 7.91. The van der Waals surface area contributed by atoms with E-state index in [1.807, 2.05) is 6.20 Å². The van der Waals surface area contributed by atoms with Crippen LogP contribution in [0.5, 0.6) is 0 Å². The molecule has 130 valence electrons. The Bertz CT molecular complexity index is 709. The molecule has 5 heteroatoms. The van der Waals surface area contributed by atoms with E-state index in [2.05, 4.69) is 51.6 Å².